The number of nitrogens with zero attached hydrogens (tertiary/aromatic N) is 1. The van der Waals surface area contributed by atoms with Crippen LogP contribution < -0.4 is 25.4 Å². The maximum absolute atomic E-state index is 13.6. The van der Waals surface area contributed by atoms with Gasteiger partial charge in [0.15, 0.2) is 10.2 Å². The van der Waals surface area contributed by atoms with Crippen LogP contribution in [-0.2, 0) is 4.79 Å². The zero-order chi connectivity index (χ0) is 29.3. The summed E-state index contributed by atoms with van der Waals surface area (Å²) in [5.41, 5.74) is 4.19. The largest absolute Gasteiger partial charge is 0.497 e. The minimum absolute atomic E-state index is 0.159. The topological polar surface area (TPSA) is 84.5 Å². The molecule has 0 saturated carbocycles. The number of carbonyl (C=O) groups is 1. The van der Waals surface area contributed by atoms with Crippen LogP contribution in [0.4, 0.5) is 16.5 Å². The molecule has 0 aliphatic carbocycles. The number of anilines is 3. The van der Waals surface area contributed by atoms with Crippen LogP contribution in [0.1, 0.15) is 10.8 Å². The fraction of sp³-hybridized carbons (Fsp3) is 0.0938. The average Bonchev–Trinajstić information content (AvgIpc) is 3.49. The first-order valence-electron chi connectivity index (χ1n) is 13.0. The molecule has 0 saturated heterocycles. The van der Waals surface area contributed by atoms with Gasteiger partial charge >= 0.3 is 0 Å². The first kappa shape index (κ1) is 29.1. The van der Waals surface area contributed by atoms with Crippen molar-refractivity contribution in [2.45, 2.75) is 10.1 Å². The van der Waals surface area contributed by atoms with Crippen LogP contribution in [0.3, 0.4) is 0 Å². The monoisotopic (exact) mass is 612 g/mol. The van der Waals surface area contributed by atoms with Crippen LogP contribution in [0.15, 0.2) is 113 Å². The van der Waals surface area contributed by atoms with Crippen LogP contribution in [0.2, 0.25) is 0 Å². The number of methoxy groups -OCH3 is 2. The van der Waals surface area contributed by atoms with Crippen molar-refractivity contribution >= 4 is 62.8 Å². The molecule has 5 aromatic rings. The second-order valence-corrected chi connectivity index (χ2v) is 11.4. The fourth-order valence-electron chi connectivity index (χ4n) is 4.11. The van der Waals surface area contributed by atoms with E-state index in [-0.39, 0.29) is 5.91 Å². The lowest BCUT2D eigenvalue weighted by Gasteiger charge is -2.17. The molecule has 1 heterocycles. The molecule has 10 heteroatoms. The molecule has 0 radical (unpaired) electrons. The minimum Gasteiger partial charge on any atom is -0.497 e. The van der Waals surface area contributed by atoms with Gasteiger partial charge in [0.1, 0.15) is 16.7 Å². The van der Waals surface area contributed by atoms with Crippen molar-refractivity contribution in [3.8, 4) is 22.8 Å². The van der Waals surface area contributed by atoms with Crippen molar-refractivity contribution in [2.75, 3.05) is 30.2 Å². The van der Waals surface area contributed by atoms with Crippen LogP contribution in [-0.4, -0.2) is 30.2 Å². The van der Waals surface area contributed by atoms with E-state index in [2.05, 4.69) is 20.9 Å². The summed E-state index contributed by atoms with van der Waals surface area (Å²) in [6.07, 6.45) is 0. The van der Waals surface area contributed by atoms with Gasteiger partial charge in [-0.05, 0) is 72.4 Å². The first-order valence-corrected chi connectivity index (χ1v) is 15.1. The van der Waals surface area contributed by atoms with E-state index in [0.29, 0.717) is 16.0 Å². The number of rotatable bonds is 10. The van der Waals surface area contributed by atoms with E-state index in [9.17, 15) is 4.79 Å². The Labute approximate surface area is 258 Å². The van der Waals surface area contributed by atoms with Crippen LogP contribution >= 0.6 is 35.3 Å². The van der Waals surface area contributed by atoms with Crippen molar-refractivity contribution in [1.82, 2.24) is 4.98 Å². The second kappa shape index (κ2) is 14.0. The third-order valence-electron chi connectivity index (χ3n) is 6.16. The van der Waals surface area contributed by atoms with Gasteiger partial charge in [-0.1, -0.05) is 48.5 Å². The van der Waals surface area contributed by atoms with E-state index < -0.39 is 5.25 Å². The molecule has 1 atom stereocenters. The molecule has 0 bridgehead atoms. The number of thioether (sulfide) groups is 1. The highest BCUT2D eigenvalue weighted by Gasteiger charge is 2.23. The quantitative estimate of drug-likeness (QED) is 0.108. The van der Waals surface area contributed by atoms with E-state index >= 15 is 0 Å². The molecule has 1 unspecified atom stereocenters. The van der Waals surface area contributed by atoms with Gasteiger partial charge in [0.2, 0.25) is 5.91 Å². The number of aromatic nitrogens is 1. The zero-order valence-electron chi connectivity index (χ0n) is 22.9. The molecule has 0 aliphatic heterocycles. The summed E-state index contributed by atoms with van der Waals surface area (Å²) in [4.78, 5) is 19.2. The molecule has 4 aromatic carbocycles. The Morgan fingerprint density at radius 1 is 0.857 bits per heavy atom. The van der Waals surface area contributed by atoms with E-state index in [4.69, 9.17) is 21.7 Å². The maximum atomic E-state index is 13.6. The molecule has 5 rings (SSSR count). The van der Waals surface area contributed by atoms with Crippen molar-refractivity contribution < 1.29 is 14.3 Å². The number of hydrogen-bond acceptors (Lipinski definition) is 7. The van der Waals surface area contributed by atoms with Gasteiger partial charge in [0, 0.05) is 21.5 Å². The predicted octanol–water partition coefficient (Wildman–Crippen LogP) is 8.11. The van der Waals surface area contributed by atoms with Gasteiger partial charge in [-0.2, -0.15) is 0 Å². The lowest BCUT2D eigenvalue weighted by atomic mass is 10.1. The standard InChI is InChI=1S/C32H28N4O3S3/c1-38-24-17-15-21(16-18-24)27-20-41-32(35-27)36-30(37)29(22-9-4-3-5-10-22)42-25-12-8-11-23(19-25)33-31(40)34-26-13-6-7-14-28(26)39-2/h3-20,29H,1-2H3,(H2,33,34,40)(H,35,36,37). The molecule has 212 valence electrons. The second-order valence-electron chi connectivity index (χ2n) is 8.97. The van der Waals surface area contributed by atoms with Gasteiger partial charge in [-0.25, -0.2) is 4.98 Å². The first-order chi connectivity index (χ1) is 20.5. The Bertz CT molecular complexity index is 1660. The number of hydrogen-bond donors (Lipinski definition) is 3. The maximum Gasteiger partial charge on any atom is 0.244 e. The van der Waals surface area contributed by atoms with Gasteiger partial charge in [-0.15, -0.1) is 23.1 Å². The lowest BCUT2D eigenvalue weighted by molar-refractivity contribution is -0.115. The molecule has 0 spiro atoms. The van der Waals surface area contributed by atoms with E-state index in [1.807, 2.05) is 109 Å². The van der Waals surface area contributed by atoms with Gasteiger partial charge in [-0.3, -0.25) is 4.79 Å². The highest BCUT2D eigenvalue weighted by atomic mass is 32.2. The van der Waals surface area contributed by atoms with Crippen molar-refractivity contribution in [3.63, 3.8) is 0 Å². The molecule has 3 N–H and O–H groups in total. The number of thiocarbonyl (C=S) groups is 1. The van der Waals surface area contributed by atoms with E-state index in [0.717, 1.165) is 38.8 Å². The third kappa shape index (κ3) is 7.47. The highest BCUT2D eigenvalue weighted by molar-refractivity contribution is 8.00. The van der Waals surface area contributed by atoms with Gasteiger partial charge < -0.3 is 25.4 Å². The van der Waals surface area contributed by atoms with Crippen LogP contribution in [0, 0.1) is 0 Å². The smallest absolute Gasteiger partial charge is 0.244 e. The van der Waals surface area contributed by atoms with Gasteiger partial charge in [0.05, 0.1) is 25.6 Å². The summed E-state index contributed by atoms with van der Waals surface area (Å²) >= 11 is 8.38. The third-order valence-corrected chi connectivity index (χ3v) is 8.37. The lowest BCUT2D eigenvalue weighted by Crippen LogP contribution is -2.20. The Hall–Kier alpha value is -4.38. The number of thiazole rings is 1. The van der Waals surface area contributed by atoms with Crippen molar-refractivity contribution in [1.29, 1.82) is 0 Å². The molecular formula is C32H28N4O3S3. The van der Waals surface area contributed by atoms with E-state index in [1.165, 1.54) is 23.1 Å². The summed E-state index contributed by atoms with van der Waals surface area (Å²) < 4.78 is 10.6. The summed E-state index contributed by atoms with van der Waals surface area (Å²) in [7, 11) is 3.25. The summed E-state index contributed by atoms with van der Waals surface area (Å²) in [5, 5.41) is 11.8. The Morgan fingerprint density at radius 3 is 2.38 bits per heavy atom. The van der Waals surface area contributed by atoms with Crippen molar-refractivity contribution in [3.05, 3.63) is 114 Å². The number of benzene rings is 4. The molecular weight excluding hydrogens is 585 g/mol. The van der Waals surface area contributed by atoms with Crippen LogP contribution in [0.5, 0.6) is 11.5 Å². The normalized spacial score (nSPS) is 11.3. The number of para-hydroxylation sites is 2. The Kier molecular flexibility index (Phi) is 9.70. The number of carbonyl (C=O) groups excluding carboxylic acids is 1. The SMILES string of the molecule is COc1ccc(-c2csc(NC(=O)C(Sc3cccc(NC(=S)Nc4ccccc4OC)c3)c3ccccc3)n2)cc1. The molecule has 0 aliphatic rings. The molecule has 7 nitrogen and oxygen atoms in total. The number of amides is 1. The van der Waals surface area contributed by atoms with Crippen molar-refractivity contribution in [2.24, 2.45) is 0 Å². The number of nitrogens with one attached hydrogen (secondary N) is 3. The van der Waals surface area contributed by atoms with Crippen LogP contribution in [0.25, 0.3) is 11.3 Å². The summed E-state index contributed by atoms with van der Waals surface area (Å²) in [6.45, 7) is 0. The number of ether oxygens (including phenoxy) is 2. The molecule has 1 amide bonds. The van der Waals surface area contributed by atoms with E-state index in [1.54, 1.807) is 14.2 Å². The molecule has 42 heavy (non-hydrogen) atoms. The molecule has 1 aromatic heterocycles. The Balaban J connectivity index is 1.29. The zero-order valence-corrected chi connectivity index (χ0v) is 25.3. The minimum atomic E-state index is -0.506. The Morgan fingerprint density at radius 2 is 1.62 bits per heavy atom. The molecule has 0 fully saturated rings. The average molecular weight is 613 g/mol. The summed E-state index contributed by atoms with van der Waals surface area (Å²) in [5.74, 6) is 1.31. The predicted molar refractivity (Wildman–Crippen MR) is 177 cm³/mol. The highest BCUT2D eigenvalue weighted by Crippen LogP contribution is 2.38. The fourth-order valence-corrected chi connectivity index (χ4v) is 6.15. The summed E-state index contributed by atoms with van der Waals surface area (Å²) in [6, 6.07) is 32.7. The van der Waals surface area contributed by atoms with Gasteiger partial charge in [0.25, 0.3) is 0 Å².